The lowest BCUT2D eigenvalue weighted by Crippen LogP contribution is -1.93. The topological polar surface area (TPSA) is 91.7 Å². The fourth-order valence-electron chi connectivity index (χ4n) is 0. The molecule has 8 heavy (non-hydrogen) atoms. The number of rotatable bonds is 1. The first-order chi connectivity index (χ1) is 3.64. The van der Waals surface area contributed by atoms with Gasteiger partial charge in [-0.15, -0.1) is 0 Å². The second-order valence-electron chi connectivity index (χ2n) is 0.434. The molecule has 0 radical (unpaired) electrons. The highest BCUT2D eigenvalue weighted by molar-refractivity contribution is 8.56. The molecule has 0 rings (SSSR count). The Labute approximate surface area is 50.1 Å². The van der Waals surface area contributed by atoms with Gasteiger partial charge >= 0.3 is 0 Å². The van der Waals surface area contributed by atoms with Crippen LogP contribution in [0.15, 0.2) is 0 Å². The van der Waals surface area contributed by atoms with Gasteiger partial charge in [0, 0.05) is 0 Å². The van der Waals surface area contributed by atoms with Gasteiger partial charge in [-0.1, -0.05) is 0 Å². The van der Waals surface area contributed by atoms with Crippen LogP contribution in [0.4, 0.5) is 0 Å². The molecule has 0 aromatic rings. The van der Waals surface area contributed by atoms with Gasteiger partial charge in [0.1, 0.15) is 6.79 Å². The molecule has 0 aliphatic heterocycles. The Balaban J connectivity index is 0. The van der Waals surface area contributed by atoms with E-state index in [4.69, 9.17) is 13.9 Å². The zero-order valence-corrected chi connectivity index (χ0v) is 5.28. The summed E-state index contributed by atoms with van der Waals surface area (Å²) in [4.78, 5) is 8.00. The minimum absolute atomic E-state index is 2.00. The van der Waals surface area contributed by atoms with E-state index in [9.17, 15) is 8.42 Å². The summed E-state index contributed by atoms with van der Waals surface area (Å²) in [5.74, 6) is 0. The molecule has 0 saturated carbocycles. The predicted octanol–water partition coefficient (Wildman–Crippen LogP) is -0.840. The van der Waals surface area contributed by atoms with Gasteiger partial charge in [0.2, 0.25) is 0 Å². The van der Waals surface area contributed by atoms with Gasteiger partial charge < -0.3 is 4.79 Å². The zero-order valence-electron chi connectivity index (χ0n) is 3.64. The summed E-state index contributed by atoms with van der Waals surface area (Å²) in [6.45, 7) is 2.00. The summed E-state index contributed by atoms with van der Waals surface area (Å²) >= 11 is 0. The van der Waals surface area contributed by atoms with E-state index in [0.717, 1.165) is 0 Å². The maximum absolute atomic E-state index is 9.26. The molecule has 0 heterocycles. The van der Waals surface area contributed by atoms with Crippen molar-refractivity contribution in [3.63, 3.8) is 0 Å². The van der Waals surface area contributed by atoms with Crippen LogP contribution in [0.2, 0.25) is 0 Å². The molecule has 2 N–H and O–H groups in total. The van der Waals surface area contributed by atoms with Gasteiger partial charge in [-0.3, -0.25) is 9.11 Å². The Bertz CT molecular complexity index is 86.6. The smallest absolute Gasteiger partial charge is 0.274 e. The van der Waals surface area contributed by atoms with E-state index < -0.39 is 20.2 Å². The van der Waals surface area contributed by atoms with Crippen molar-refractivity contribution in [2.24, 2.45) is 0 Å². The quantitative estimate of drug-likeness (QED) is 0.385. The third-order valence-corrected chi connectivity index (χ3v) is 1.10. The Morgan fingerprint density at radius 3 is 1.12 bits per heavy atom. The molecule has 7 heteroatoms. The van der Waals surface area contributed by atoms with Gasteiger partial charge in [-0.05, 0) is 0 Å². The lowest BCUT2D eigenvalue weighted by molar-refractivity contribution is -0.0979. The SMILES string of the molecule is C=O.O=S(O)S(=O)O. The first kappa shape index (κ1) is 10.8. The largest absolute Gasteiger partial charge is 0.307 e. The highest BCUT2D eigenvalue weighted by atomic mass is 33.2. The molecular formula is CH4O5S2. The van der Waals surface area contributed by atoms with E-state index >= 15 is 0 Å². The average Bonchev–Trinajstić information content (AvgIpc) is 1.72. The molecular weight excluding hydrogens is 156 g/mol. The molecule has 0 bridgehead atoms. The van der Waals surface area contributed by atoms with Crippen molar-refractivity contribution in [1.29, 1.82) is 0 Å². The van der Waals surface area contributed by atoms with Crippen LogP contribution >= 0.6 is 0 Å². The summed E-state index contributed by atoms with van der Waals surface area (Å²) in [5, 5.41) is 0. The summed E-state index contributed by atoms with van der Waals surface area (Å²) < 4.78 is 33.6. The van der Waals surface area contributed by atoms with Crippen molar-refractivity contribution in [1.82, 2.24) is 0 Å². The van der Waals surface area contributed by atoms with Gasteiger partial charge in [-0.25, -0.2) is 8.42 Å². The van der Waals surface area contributed by atoms with E-state index in [1.807, 2.05) is 6.79 Å². The van der Waals surface area contributed by atoms with Gasteiger partial charge in [0.15, 0.2) is 0 Å². The Morgan fingerprint density at radius 1 is 1.00 bits per heavy atom. The molecule has 0 saturated heterocycles. The van der Waals surface area contributed by atoms with Crippen LogP contribution in [0.3, 0.4) is 0 Å². The van der Waals surface area contributed by atoms with Crippen molar-refractivity contribution in [3.8, 4) is 0 Å². The van der Waals surface area contributed by atoms with Gasteiger partial charge in [-0.2, -0.15) is 0 Å². The van der Waals surface area contributed by atoms with Crippen molar-refractivity contribution < 1.29 is 22.3 Å². The molecule has 0 fully saturated rings. The predicted molar refractivity (Wildman–Crippen MR) is 28.7 cm³/mol. The maximum Gasteiger partial charge on any atom is 0.274 e. The molecule has 0 spiro atoms. The van der Waals surface area contributed by atoms with Crippen LogP contribution in [0.1, 0.15) is 0 Å². The summed E-state index contributed by atoms with van der Waals surface area (Å²) in [7, 11) is -5.18. The van der Waals surface area contributed by atoms with Crippen LogP contribution in [-0.4, -0.2) is 24.3 Å². The van der Waals surface area contributed by atoms with E-state index in [2.05, 4.69) is 0 Å². The van der Waals surface area contributed by atoms with Crippen LogP contribution in [0, 0.1) is 0 Å². The highest BCUT2D eigenvalue weighted by Gasteiger charge is 1.95. The number of hydrogen-bond donors (Lipinski definition) is 2. The Hall–Kier alpha value is -0.110. The molecule has 0 aromatic carbocycles. The lowest BCUT2D eigenvalue weighted by atomic mass is 11.9. The fourth-order valence-corrected chi connectivity index (χ4v) is 0. The molecule has 0 aromatic heterocycles. The van der Waals surface area contributed by atoms with Gasteiger partial charge in [0.25, 0.3) is 20.2 Å². The molecule has 0 aliphatic rings. The Morgan fingerprint density at radius 2 is 1.12 bits per heavy atom. The average molecular weight is 160 g/mol. The van der Waals surface area contributed by atoms with Gasteiger partial charge in [0.05, 0.1) is 0 Å². The highest BCUT2D eigenvalue weighted by Crippen LogP contribution is 1.74. The zero-order chi connectivity index (χ0) is 7.15. The standard InChI is InChI=1S/CH2O.H2O4S2/c1-2;1-5(2)6(3)4/h1H2;(H,1,2)(H,3,4). The number of hydrogen-bond acceptors (Lipinski definition) is 3. The summed E-state index contributed by atoms with van der Waals surface area (Å²) in [5.41, 5.74) is 0. The van der Waals surface area contributed by atoms with Crippen LogP contribution in [-0.2, 0) is 25.0 Å². The molecule has 50 valence electrons. The molecule has 5 nitrogen and oxygen atoms in total. The second kappa shape index (κ2) is 6.89. The van der Waals surface area contributed by atoms with Crippen molar-refractivity contribution in [3.05, 3.63) is 0 Å². The van der Waals surface area contributed by atoms with E-state index in [1.54, 1.807) is 0 Å². The fraction of sp³-hybridized carbons (Fsp3) is 0. The van der Waals surface area contributed by atoms with Crippen molar-refractivity contribution in [2.45, 2.75) is 0 Å². The van der Waals surface area contributed by atoms with Crippen LogP contribution in [0.25, 0.3) is 0 Å². The lowest BCUT2D eigenvalue weighted by Gasteiger charge is -1.74. The van der Waals surface area contributed by atoms with E-state index in [1.165, 1.54) is 0 Å². The van der Waals surface area contributed by atoms with Crippen molar-refractivity contribution >= 4 is 27.0 Å². The normalized spacial score (nSPS) is 15.2. The minimum atomic E-state index is -2.59. The summed E-state index contributed by atoms with van der Waals surface area (Å²) in [6.07, 6.45) is 0. The third-order valence-electron chi connectivity index (χ3n) is 0.122. The molecule has 2 unspecified atom stereocenters. The second-order valence-corrected chi connectivity index (χ2v) is 3.01. The summed E-state index contributed by atoms with van der Waals surface area (Å²) in [6, 6.07) is 0. The number of carbonyl (C=O) groups is 1. The van der Waals surface area contributed by atoms with E-state index in [0.29, 0.717) is 0 Å². The maximum atomic E-state index is 9.26. The van der Waals surface area contributed by atoms with Crippen molar-refractivity contribution in [2.75, 3.05) is 0 Å². The van der Waals surface area contributed by atoms with Crippen LogP contribution < -0.4 is 0 Å². The number of carbonyl (C=O) groups excluding carboxylic acids is 1. The molecule has 2 atom stereocenters. The van der Waals surface area contributed by atoms with Crippen LogP contribution in [0.5, 0.6) is 0 Å². The van der Waals surface area contributed by atoms with E-state index in [-0.39, 0.29) is 0 Å². The minimum Gasteiger partial charge on any atom is -0.307 e. The Kier molecular flexibility index (Phi) is 9.30. The first-order valence-corrected chi connectivity index (χ1v) is 3.88. The third kappa shape index (κ3) is 9.31. The molecule has 0 aliphatic carbocycles. The monoisotopic (exact) mass is 160 g/mol. The first-order valence-electron chi connectivity index (χ1n) is 1.15. The molecule has 0 amide bonds.